The van der Waals surface area contributed by atoms with Crippen molar-refractivity contribution < 1.29 is 0 Å². The van der Waals surface area contributed by atoms with Crippen LogP contribution < -0.4 is 0 Å². The van der Waals surface area contributed by atoms with Crippen LogP contribution in [0.15, 0.2) is 17.1 Å². The molecule has 0 radical (unpaired) electrons. The molecule has 2 unspecified atom stereocenters. The van der Waals surface area contributed by atoms with Gasteiger partial charge in [-0.25, -0.2) is 0 Å². The van der Waals surface area contributed by atoms with Crippen LogP contribution in [0.25, 0.3) is 0 Å². The van der Waals surface area contributed by atoms with Crippen LogP contribution >= 0.6 is 0 Å². The number of hydrogen-bond donors (Lipinski definition) is 0. The maximum atomic E-state index is 4.63. The van der Waals surface area contributed by atoms with Crippen LogP contribution in [-0.4, -0.2) is 11.8 Å². The predicted octanol–water partition coefficient (Wildman–Crippen LogP) is 2.29. The molecule has 11 heavy (non-hydrogen) atoms. The van der Waals surface area contributed by atoms with Gasteiger partial charge >= 0.3 is 0 Å². The standard InChI is InChI=1S/C10H15N/c1-6-4-5-9-7(2)10(11-6)8(9)3/h4-5,7-10H,1-3H3. The van der Waals surface area contributed by atoms with Gasteiger partial charge in [-0.2, -0.15) is 0 Å². The molecule has 0 spiro atoms. The summed E-state index contributed by atoms with van der Waals surface area (Å²) >= 11 is 0. The van der Waals surface area contributed by atoms with Crippen molar-refractivity contribution in [2.45, 2.75) is 26.8 Å². The van der Waals surface area contributed by atoms with Crippen molar-refractivity contribution in [3.05, 3.63) is 12.2 Å². The van der Waals surface area contributed by atoms with Crippen LogP contribution in [-0.2, 0) is 0 Å². The Morgan fingerprint density at radius 2 is 1.91 bits per heavy atom. The smallest absolute Gasteiger partial charge is 0.0565 e. The molecular weight excluding hydrogens is 134 g/mol. The normalized spacial score (nSPS) is 47.7. The summed E-state index contributed by atoms with van der Waals surface area (Å²) in [4.78, 5) is 4.63. The van der Waals surface area contributed by atoms with Gasteiger partial charge < -0.3 is 0 Å². The molecule has 3 rings (SSSR count). The first kappa shape index (κ1) is 7.08. The van der Waals surface area contributed by atoms with Crippen molar-refractivity contribution >= 4 is 5.71 Å². The molecule has 60 valence electrons. The summed E-state index contributed by atoms with van der Waals surface area (Å²) in [7, 11) is 0. The van der Waals surface area contributed by atoms with Gasteiger partial charge in [-0.15, -0.1) is 0 Å². The molecule has 1 aliphatic carbocycles. The zero-order valence-corrected chi connectivity index (χ0v) is 7.41. The summed E-state index contributed by atoms with van der Waals surface area (Å²) in [6, 6.07) is 0.606. The fourth-order valence-electron chi connectivity index (χ4n) is 2.38. The van der Waals surface area contributed by atoms with E-state index in [0.29, 0.717) is 6.04 Å². The minimum absolute atomic E-state index is 0.606. The van der Waals surface area contributed by atoms with E-state index < -0.39 is 0 Å². The second kappa shape index (κ2) is 2.20. The van der Waals surface area contributed by atoms with E-state index in [1.54, 1.807) is 0 Å². The monoisotopic (exact) mass is 149 g/mol. The average Bonchev–Trinajstić information content (AvgIpc) is 2.21. The quantitative estimate of drug-likeness (QED) is 0.501. The zero-order chi connectivity index (χ0) is 8.01. The van der Waals surface area contributed by atoms with Gasteiger partial charge in [0.15, 0.2) is 0 Å². The van der Waals surface area contributed by atoms with Gasteiger partial charge in [-0.05, 0) is 30.8 Å². The van der Waals surface area contributed by atoms with Gasteiger partial charge in [0.25, 0.3) is 0 Å². The highest BCUT2D eigenvalue weighted by Crippen LogP contribution is 2.44. The number of aliphatic imine (C=N–C) groups is 1. The first-order valence-corrected chi connectivity index (χ1v) is 4.43. The number of allylic oxidation sites excluding steroid dienone is 2. The Morgan fingerprint density at radius 3 is 2.55 bits per heavy atom. The molecular formula is C10H15N. The summed E-state index contributed by atoms with van der Waals surface area (Å²) in [5.41, 5.74) is 1.20. The summed E-state index contributed by atoms with van der Waals surface area (Å²) in [5.74, 6) is 2.35. The van der Waals surface area contributed by atoms with Gasteiger partial charge in [0, 0.05) is 5.71 Å². The number of nitrogens with zero attached hydrogens (tertiary/aromatic N) is 1. The fraction of sp³-hybridized carbons (Fsp3) is 0.700. The second-order valence-corrected chi connectivity index (χ2v) is 3.92. The lowest BCUT2D eigenvalue weighted by atomic mass is 9.63. The van der Waals surface area contributed by atoms with Gasteiger partial charge in [0.1, 0.15) is 0 Å². The third-order valence-corrected chi connectivity index (χ3v) is 3.20. The first-order valence-electron chi connectivity index (χ1n) is 4.43. The average molecular weight is 149 g/mol. The molecule has 3 aliphatic rings. The highest BCUT2D eigenvalue weighted by Gasteiger charge is 2.44. The van der Waals surface area contributed by atoms with Crippen molar-refractivity contribution in [1.82, 2.24) is 0 Å². The molecule has 0 aromatic carbocycles. The van der Waals surface area contributed by atoms with Crippen LogP contribution in [0.1, 0.15) is 20.8 Å². The van der Waals surface area contributed by atoms with E-state index in [1.165, 1.54) is 5.71 Å². The zero-order valence-electron chi connectivity index (χ0n) is 7.41. The molecule has 0 amide bonds. The predicted molar refractivity (Wildman–Crippen MR) is 47.9 cm³/mol. The highest BCUT2D eigenvalue weighted by atomic mass is 14.9. The van der Waals surface area contributed by atoms with Crippen LogP contribution in [0.2, 0.25) is 0 Å². The molecule has 2 atom stereocenters. The maximum Gasteiger partial charge on any atom is 0.0565 e. The first-order chi connectivity index (χ1) is 5.20. The molecule has 0 N–H and O–H groups in total. The molecule has 1 heteroatoms. The fourth-order valence-corrected chi connectivity index (χ4v) is 2.38. The summed E-state index contributed by atoms with van der Waals surface area (Å²) in [6.07, 6.45) is 4.50. The Hall–Kier alpha value is -0.590. The third kappa shape index (κ3) is 0.867. The molecule has 1 nitrogen and oxygen atoms in total. The Labute approximate surface area is 68.2 Å². The van der Waals surface area contributed by atoms with Crippen molar-refractivity contribution in [2.24, 2.45) is 22.7 Å². The Kier molecular flexibility index (Phi) is 1.41. The van der Waals surface area contributed by atoms with Gasteiger partial charge in [-0.3, -0.25) is 4.99 Å². The van der Waals surface area contributed by atoms with Gasteiger partial charge in [-0.1, -0.05) is 19.9 Å². The van der Waals surface area contributed by atoms with Crippen molar-refractivity contribution in [3.8, 4) is 0 Å². The SMILES string of the molecule is CC1=NC2C(C)C(C=C1)C2C. The second-order valence-electron chi connectivity index (χ2n) is 3.92. The van der Waals surface area contributed by atoms with E-state index in [2.05, 4.69) is 37.9 Å². The Bertz CT molecular complexity index is 217. The molecule has 2 aliphatic heterocycles. The van der Waals surface area contributed by atoms with Crippen molar-refractivity contribution in [2.75, 3.05) is 0 Å². The number of rotatable bonds is 0. The Balaban J connectivity index is 2.30. The van der Waals surface area contributed by atoms with Crippen LogP contribution in [0.5, 0.6) is 0 Å². The summed E-state index contributed by atoms with van der Waals surface area (Å²) in [6.45, 7) is 6.71. The minimum Gasteiger partial charge on any atom is -0.286 e. The molecule has 2 bridgehead atoms. The summed E-state index contributed by atoms with van der Waals surface area (Å²) in [5, 5.41) is 0. The van der Waals surface area contributed by atoms with E-state index in [9.17, 15) is 0 Å². The maximum absolute atomic E-state index is 4.63. The van der Waals surface area contributed by atoms with Gasteiger partial charge in [0.2, 0.25) is 0 Å². The largest absolute Gasteiger partial charge is 0.286 e. The minimum atomic E-state index is 0.606. The van der Waals surface area contributed by atoms with Crippen molar-refractivity contribution in [3.63, 3.8) is 0 Å². The third-order valence-electron chi connectivity index (χ3n) is 3.20. The highest BCUT2D eigenvalue weighted by molar-refractivity contribution is 5.93. The van der Waals surface area contributed by atoms with Crippen LogP contribution in [0, 0.1) is 17.8 Å². The Morgan fingerprint density at radius 1 is 1.27 bits per heavy atom. The molecule has 0 aromatic rings. The molecule has 1 fully saturated rings. The van der Waals surface area contributed by atoms with E-state index in [-0.39, 0.29) is 0 Å². The number of fused-ring (bicyclic) bond motifs is 1. The van der Waals surface area contributed by atoms with E-state index in [0.717, 1.165) is 17.8 Å². The summed E-state index contributed by atoms with van der Waals surface area (Å²) < 4.78 is 0. The van der Waals surface area contributed by atoms with Crippen LogP contribution in [0.3, 0.4) is 0 Å². The lowest BCUT2D eigenvalue weighted by molar-refractivity contribution is 0.109. The molecule has 2 heterocycles. The van der Waals surface area contributed by atoms with Gasteiger partial charge in [0.05, 0.1) is 6.04 Å². The van der Waals surface area contributed by atoms with E-state index in [1.807, 2.05) is 0 Å². The molecule has 0 saturated heterocycles. The van der Waals surface area contributed by atoms with E-state index in [4.69, 9.17) is 0 Å². The lowest BCUT2D eigenvalue weighted by Gasteiger charge is -2.44. The van der Waals surface area contributed by atoms with E-state index >= 15 is 0 Å². The lowest BCUT2D eigenvalue weighted by Crippen LogP contribution is -2.45. The number of hydrogen-bond acceptors (Lipinski definition) is 1. The molecule has 1 saturated carbocycles. The molecule has 0 aromatic heterocycles. The topological polar surface area (TPSA) is 12.4 Å². The van der Waals surface area contributed by atoms with Crippen LogP contribution in [0.4, 0.5) is 0 Å². The van der Waals surface area contributed by atoms with Crippen molar-refractivity contribution in [1.29, 1.82) is 0 Å².